The summed E-state index contributed by atoms with van der Waals surface area (Å²) in [7, 11) is 1.69. The molecule has 1 fully saturated rings. The third kappa shape index (κ3) is 2.28. The van der Waals surface area contributed by atoms with E-state index in [0.29, 0.717) is 6.42 Å². The first kappa shape index (κ1) is 12.0. The Morgan fingerprint density at radius 3 is 2.68 bits per heavy atom. The number of ether oxygens (including phenoxy) is 1. The van der Waals surface area contributed by atoms with E-state index in [0.717, 1.165) is 24.0 Å². The maximum Gasteiger partial charge on any atom is 0.220 e. The zero-order chi connectivity index (χ0) is 13.2. The van der Waals surface area contributed by atoms with Crippen LogP contribution in [0.4, 0.5) is 0 Å². The smallest absolute Gasteiger partial charge is 0.220 e. The summed E-state index contributed by atoms with van der Waals surface area (Å²) in [5.41, 5.74) is 1.27. The molecule has 1 aliphatic rings. The molecule has 2 aromatic carbocycles. The maximum atomic E-state index is 11.3. The van der Waals surface area contributed by atoms with Gasteiger partial charge in [-0.25, -0.2) is 0 Å². The van der Waals surface area contributed by atoms with E-state index in [1.807, 2.05) is 18.2 Å². The lowest BCUT2D eigenvalue weighted by Crippen LogP contribution is -2.27. The topological polar surface area (TPSA) is 38.3 Å². The van der Waals surface area contributed by atoms with Crippen molar-refractivity contribution in [1.82, 2.24) is 5.32 Å². The quantitative estimate of drug-likeness (QED) is 0.915. The van der Waals surface area contributed by atoms with Gasteiger partial charge in [-0.1, -0.05) is 30.3 Å². The van der Waals surface area contributed by atoms with Crippen molar-refractivity contribution in [3.63, 3.8) is 0 Å². The summed E-state index contributed by atoms with van der Waals surface area (Å²) in [5, 5.41) is 5.37. The monoisotopic (exact) mass is 255 g/mol. The van der Waals surface area contributed by atoms with Gasteiger partial charge in [0, 0.05) is 17.8 Å². The molecule has 0 radical (unpaired) electrons. The first-order valence-corrected chi connectivity index (χ1v) is 6.62. The molecule has 0 aliphatic carbocycles. The average Bonchev–Trinajstić information content (AvgIpc) is 2.85. The minimum Gasteiger partial charge on any atom is -0.496 e. The Kier molecular flexibility index (Phi) is 3.11. The number of rotatable bonds is 3. The normalized spacial score (nSPS) is 18.6. The Morgan fingerprint density at radius 2 is 2.00 bits per heavy atom. The number of carbonyl (C=O) groups excluding carboxylic acids is 1. The molecule has 1 saturated heterocycles. The number of hydrogen-bond donors (Lipinski definition) is 1. The second-order valence-electron chi connectivity index (χ2n) is 4.98. The van der Waals surface area contributed by atoms with Crippen LogP contribution in [0.2, 0.25) is 0 Å². The molecule has 1 aliphatic heterocycles. The summed E-state index contributed by atoms with van der Waals surface area (Å²) >= 11 is 0. The maximum absolute atomic E-state index is 11.3. The molecule has 2 aromatic rings. The molecular formula is C16H17NO2. The van der Waals surface area contributed by atoms with E-state index in [1.54, 1.807) is 7.11 Å². The number of hydrogen-bond acceptors (Lipinski definition) is 2. The number of amides is 1. The summed E-state index contributed by atoms with van der Waals surface area (Å²) in [4.78, 5) is 11.3. The van der Waals surface area contributed by atoms with Crippen LogP contribution >= 0.6 is 0 Å². The van der Waals surface area contributed by atoms with E-state index < -0.39 is 0 Å². The summed E-state index contributed by atoms with van der Waals surface area (Å²) in [5.74, 6) is 1.07. The second-order valence-corrected chi connectivity index (χ2v) is 4.98. The van der Waals surface area contributed by atoms with Gasteiger partial charge in [0.15, 0.2) is 0 Å². The molecule has 3 rings (SSSR count). The van der Waals surface area contributed by atoms with Crippen molar-refractivity contribution in [3.05, 3.63) is 42.0 Å². The van der Waals surface area contributed by atoms with Crippen molar-refractivity contribution in [1.29, 1.82) is 0 Å². The van der Waals surface area contributed by atoms with Crippen molar-refractivity contribution >= 4 is 16.7 Å². The minimum absolute atomic E-state index is 0.169. The number of methoxy groups -OCH3 is 1. The van der Waals surface area contributed by atoms with Gasteiger partial charge in [-0.2, -0.15) is 0 Å². The standard InChI is InChI=1S/C16H17NO2/c1-19-15-8-6-11(10-12-7-9-16(18)17-12)13-4-2-3-5-14(13)15/h2-6,8,12H,7,9-10H2,1H3,(H,17,18). The summed E-state index contributed by atoms with van der Waals surface area (Å²) in [6, 6.07) is 12.6. The number of benzene rings is 2. The van der Waals surface area contributed by atoms with Crippen molar-refractivity contribution in [2.24, 2.45) is 0 Å². The molecule has 1 unspecified atom stereocenters. The van der Waals surface area contributed by atoms with Crippen LogP contribution in [0.25, 0.3) is 10.8 Å². The van der Waals surface area contributed by atoms with Crippen molar-refractivity contribution in [3.8, 4) is 5.75 Å². The molecule has 3 nitrogen and oxygen atoms in total. The molecule has 3 heteroatoms. The van der Waals surface area contributed by atoms with Gasteiger partial charge in [-0.3, -0.25) is 4.79 Å². The van der Waals surface area contributed by atoms with Crippen LogP contribution in [0, 0.1) is 0 Å². The Bertz CT molecular complexity index is 621. The van der Waals surface area contributed by atoms with Gasteiger partial charge in [0.25, 0.3) is 0 Å². The van der Waals surface area contributed by atoms with Gasteiger partial charge in [-0.05, 0) is 29.9 Å². The highest BCUT2D eigenvalue weighted by atomic mass is 16.5. The molecule has 1 N–H and O–H groups in total. The number of nitrogens with one attached hydrogen (secondary N) is 1. The fourth-order valence-electron chi connectivity index (χ4n) is 2.79. The first-order valence-electron chi connectivity index (χ1n) is 6.62. The van der Waals surface area contributed by atoms with E-state index in [4.69, 9.17) is 4.74 Å². The average molecular weight is 255 g/mol. The molecule has 19 heavy (non-hydrogen) atoms. The lowest BCUT2D eigenvalue weighted by Gasteiger charge is -2.14. The second kappa shape index (κ2) is 4.92. The summed E-state index contributed by atoms with van der Waals surface area (Å²) < 4.78 is 5.40. The van der Waals surface area contributed by atoms with Gasteiger partial charge < -0.3 is 10.1 Å². The first-order chi connectivity index (χ1) is 9.28. The SMILES string of the molecule is COc1ccc(CC2CCC(=O)N2)c2ccccc12. The van der Waals surface area contributed by atoms with E-state index in [2.05, 4.69) is 23.5 Å². The lowest BCUT2D eigenvalue weighted by molar-refractivity contribution is -0.119. The van der Waals surface area contributed by atoms with Gasteiger partial charge in [0.05, 0.1) is 7.11 Å². The van der Waals surface area contributed by atoms with Crippen LogP contribution < -0.4 is 10.1 Å². The zero-order valence-corrected chi connectivity index (χ0v) is 11.0. The molecule has 98 valence electrons. The van der Waals surface area contributed by atoms with Gasteiger partial charge >= 0.3 is 0 Å². The Balaban J connectivity index is 1.97. The highest BCUT2D eigenvalue weighted by Crippen LogP contribution is 2.29. The Hall–Kier alpha value is -2.03. The molecule has 1 heterocycles. The van der Waals surface area contributed by atoms with Crippen LogP contribution in [0.1, 0.15) is 18.4 Å². The molecule has 1 atom stereocenters. The van der Waals surface area contributed by atoms with E-state index >= 15 is 0 Å². The lowest BCUT2D eigenvalue weighted by atomic mass is 9.97. The highest BCUT2D eigenvalue weighted by molar-refractivity contribution is 5.91. The Morgan fingerprint density at radius 1 is 1.21 bits per heavy atom. The van der Waals surface area contributed by atoms with Gasteiger partial charge in [0.2, 0.25) is 5.91 Å². The largest absolute Gasteiger partial charge is 0.496 e. The predicted molar refractivity (Wildman–Crippen MR) is 75.4 cm³/mol. The Labute approximate surface area is 112 Å². The summed E-state index contributed by atoms with van der Waals surface area (Å²) in [6.45, 7) is 0. The molecule has 0 aromatic heterocycles. The van der Waals surface area contributed by atoms with E-state index in [-0.39, 0.29) is 11.9 Å². The highest BCUT2D eigenvalue weighted by Gasteiger charge is 2.21. The van der Waals surface area contributed by atoms with Crippen LogP contribution in [-0.4, -0.2) is 19.1 Å². The fourth-order valence-corrected chi connectivity index (χ4v) is 2.79. The molecule has 0 bridgehead atoms. The van der Waals surface area contributed by atoms with Crippen LogP contribution in [0.5, 0.6) is 5.75 Å². The molecule has 1 amide bonds. The van der Waals surface area contributed by atoms with Crippen LogP contribution in [0.15, 0.2) is 36.4 Å². The number of carbonyl (C=O) groups is 1. The number of fused-ring (bicyclic) bond motifs is 1. The molecule has 0 saturated carbocycles. The van der Waals surface area contributed by atoms with Gasteiger partial charge in [0.1, 0.15) is 5.75 Å². The third-order valence-corrected chi connectivity index (χ3v) is 3.75. The fraction of sp³-hybridized carbons (Fsp3) is 0.312. The molecular weight excluding hydrogens is 238 g/mol. The predicted octanol–water partition coefficient (Wildman–Crippen LogP) is 2.67. The van der Waals surface area contributed by atoms with E-state index in [9.17, 15) is 4.79 Å². The van der Waals surface area contributed by atoms with Crippen molar-refractivity contribution in [2.75, 3.05) is 7.11 Å². The van der Waals surface area contributed by atoms with Crippen LogP contribution in [0.3, 0.4) is 0 Å². The van der Waals surface area contributed by atoms with Crippen LogP contribution in [-0.2, 0) is 11.2 Å². The minimum atomic E-state index is 0.169. The zero-order valence-electron chi connectivity index (χ0n) is 11.0. The van der Waals surface area contributed by atoms with Gasteiger partial charge in [-0.15, -0.1) is 0 Å². The van der Waals surface area contributed by atoms with Crippen molar-refractivity contribution < 1.29 is 9.53 Å². The van der Waals surface area contributed by atoms with Crippen molar-refractivity contribution in [2.45, 2.75) is 25.3 Å². The van der Waals surface area contributed by atoms with E-state index in [1.165, 1.54) is 10.9 Å². The third-order valence-electron chi connectivity index (χ3n) is 3.75. The molecule has 0 spiro atoms. The summed E-state index contributed by atoms with van der Waals surface area (Å²) in [6.07, 6.45) is 2.47.